The monoisotopic (exact) mass is 777 g/mol. The Morgan fingerprint density at radius 3 is 2.47 bits per heavy atom. The molecular weight excluding hydrogens is 735 g/mol. The molecule has 0 aliphatic carbocycles. The molecule has 4 N–H and O–H groups in total. The van der Waals surface area contributed by atoms with E-state index in [1.807, 2.05) is 24.9 Å². The van der Waals surface area contributed by atoms with Crippen molar-refractivity contribution in [2.75, 3.05) is 54.1 Å². The standard InChI is InChI=1S/C39H43N3O12S/c1-16-9-19-10-21-37(46)42-22-13-51-38(47)39(20-12-24(48-4)23(44)11-18(20)7-8-40-39)14-55-36(29(42)28(41(21)3)25(19)30(45)31(16)49-5)27-26(22)32-35(53-15-52-32)34(50-6)33(27)54-17(2)43/h9,11-12,21-22,28-29,36-37,40,44-46H,7-8,10,13-15H2,1-6H3/t21-,22+,28+,29-,36-,37?,39-/m1/s1. The van der Waals surface area contributed by atoms with Gasteiger partial charge in [0.05, 0.1) is 44.7 Å². The lowest BCUT2D eigenvalue weighted by atomic mass is 9.73. The molecule has 15 nitrogen and oxygen atoms in total. The van der Waals surface area contributed by atoms with Gasteiger partial charge < -0.3 is 48.5 Å². The smallest absolute Gasteiger partial charge is 0.331 e. The first-order chi connectivity index (χ1) is 26.4. The fraction of sp³-hybridized carbons (Fsp3) is 0.487. The van der Waals surface area contributed by atoms with Crippen LogP contribution < -0.4 is 33.7 Å². The number of piperazine rings is 1. The minimum atomic E-state index is -1.39. The maximum atomic E-state index is 14.7. The lowest BCUT2D eigenvalue weighted by Gasteiger charge is -2.62. The average Bonchev–Trinajstić information content (AvgIpc) is 3.64. The maximum absolute atomic E-state index is 14.7. The third-order valence-corrected chi connectivity index (χ3v) is 13.7. The molecule has 2 saturated heterocycles. The summed E-state index contributed by atoms with van der Waals surface area (Å²) in [5.74, 6) is 0.448. The first-order valence-electron chi connectivity index (χ1n) is 18.2. The van der Waals surface area contributed by atoms with E-state index in [0.29, 0.717) is 53.1 Å². The number of rotatable bonds is 4. The predicted octanol–water partition coefficient (Wildman–Crippen LogP) is 3.11. The van der Waals surface area contributed by atoms with Gasteiger partial charge >= 0.3 is 11.9 Å². The number of methoxy groups -OCH3 is 3. The molecule has 1 unspecified atom stereocenters. The van der Waals surface area contributed by atoms with E-state index in [1.54, 1.807) is 12.1 Å². The Labute approximate surface area is 321 Å². The number of ether oxygens (including phenoxy) is 7. The number of aliphatic hydroxyl groups is 1. The number of phenolic OH excluding ortho intramolecular Hbond substituents is 2. The predicted molar refractivity (Wildman–Crippen MR) is 196 cm³/mol. The van der Waals surface area contributed by atoms with Crippen LogP contribution in [-0.4, -0.2) is 109 Å². The molecule has 7 aliphatic rings. The molecule has 16 heteroatoms. The van der Waals surface area contributed by atoms with Gasteiger partial charge in [-0.05, 0) is 61.2 Å². The second-order valence-electron chi connectivity index (χ2n) is 14.8. The Balaban J connectivity index is 1.33. The van der Waals surface area contributed by atoms with Crippen LogP contribution in [-0.2, 0) is 32.7 Å². The number of nitrogens with zero attached hydrogens (tertiary/aromatic N) is 2. The van der Waals surface area contributed by atoms with Crippen molar-refractivity contribution in [1.29, 1.82) is 0 Å². The second kappa shape index (κ2) is 13.0. The Morgan fingerprint density at radius 2 is 1.75 bits per heavy atom. The molecule has 0 amide bonds. The van der Waals surface area contributed by atoms with E-state index in [1.165, 1.54) is 40.0 Å². The van der Waals surface area contributed by atoms with Gasteiger partial charge in [-0.3, -0.25) is 19.9 Å². The number of hydrogen-bond donors (Lipinski definition) is 4. The molecule has 3 aromatic rings. The van der Waals surface area contributed by atoms with Gasteiger partial charge in [-0.15, -0.1) is 11.8 Å². The number of carbonyl (C=O) groups excluding carboxylic acids is 2. The highest BCUT2D eigenvalue weighted by atomic mass is 32.2. The lowest BCUT2D eigenvalue weighted by Crippen LogP contribution is -2.70. The van der Waals surface area contributed by atoms with Crippen molar-refractivity contribution in [3.8, 4) is 46.0 Å². The Hall–Kier alpha value is -4.61. The highest BCUT2D eigenvalue weighted by Gasteiger charge is 2.61. The molecule has 0 radical (unpaired) electrons. The molecule has 10 rings (SSSR count). The van der Waals surface area contributed by atoms with Gasteiger partial charge in [-0.25, -0.2) is 4.79 Å². The number of fused-ring (bicyclic) bond motifs is 9. The van der Waals surface area contributed by atoms with Gasteiger partial charge in [-0.1, -0.05) is 6.07 Å². The summed E-state index contributed by atoms with van der Waals surface area (Å²) in [6.45, 7) is 3.25. The minimum Gasteiger partial charge on any atom is -0.504 e. The minimum absolute atomic E-state index is 0.0171. The van der Waals surface area contributed by atoms with E-state index in [-0.39, 0.29) is 53.6 Å². The third-order valence-electron chi connectivity index (χ3n) is 12.2. The van der Waals surface area contributed by atoms with Crippen molar-refractivity contribution in [1.82, 2.24) is 15.1 Å². The van der Waals surface area contributed by atoms with Crippen LogP contribution in [0.25, 0.3) is 0 Å². The molecule has 7 heterocycles. The first kappa shape index (κ1) is 36.1. The number of aryl methyl sites for hydroxylation is 1. The number of aromatic hydroxyl groups is 2. The van der Waals surface area contributed by atoms with E-state index >= 15 is 0 Å². The first-order valence-corrected chi connectivity index (χ1v) is 19.2. The highest BCUT2D eigenvalue weighted by molar-refractivity contribution is 7.99. The molecule has 0 saturated carbocycles. The van der Waals surface area contributed by atoms with Crippen LogP contribution in [0.1, 0.15) is 63.2 Å². The van der Waals surface area contributed by atoms with Crippen molar-refractivity contribution in [2.45, 2.75) is 67.9 Å². The van der Waals surface area contributed by atoms with Gasteiger partial charge in [0.2, 0.25) is 18.3 Å². The SMILES string of the molecule is COc1cc2c(cc1O)CCN[C@]21CS[C@@H]2c3c(OC(C)=O)c(OC)c4c(c3[C@H](COC1=O)N1C(O)[C@H]3Cc5cc(C)c(OC)c(O)c5[C@@H]([C@H]21)N3C)OCO4. The van der Waals surface area contributed by atoms with Crippen molar-refractivity contribution >= 4 is 23.7 Å². The van der Waals surface area contributed by atoms with E-state index in [0.717, 1.165) is 16.7 Å². The van der Waals surface area contributed by atoms with Crippen LogP contribution in [0.15, 0.2) is 18.2 Å². The molecule has 4 bridgehead atoms. The van der Waals surface area contributed by atoms with Gasteiger partial charge in [0.25, 0.3) is 0 Å². The van der Waals surface area contributed by atoms with Gasteiger partial charge in [-0.2, -0.15) is 0 Å². The second-order valence-corrected chi connectivity index (χ2v) is 16.0. The van der Waals surface area contributed by atoms with E-state index in [9.17, 15) is 24.9 Å². The Bertz CT molecular complexity index is 2150. The average molecular weight is 778 g/mol. The number of aliphatic hydroxyl groups excluding tert-OH is 1. The molecule has 55 heavy (non-hydrogen) atoms. The zero-order valence-electron chi connectivity index (χ0n) is 31.3. The summed E-state index contributed by atoms with van der Waals surface area (Å²) in [4.78, 5) is 31.7. The van der Waals surface area contributed by atoms with Crippen molar-refractivity contribution in [2.24, 2.45) is 0 Å². The molecule has 0 aromatic heterocycles. The number of likely N-dealkylation sites (N-methyl/N-ethyl adjacent to an activating group) is 1. The van der Waals surface area contributed by atoms with Crippen LogP contribution in [0.3, 0.4) is 0 Å². The van der Waals surface area contributed by atoms with Gasteiger partial charge in [0, 0.05) is 42.0 Å². The summed E-state index contributed by atoms with van der Waals surface area (Å²) in [6, 6.07) is 2.92. The normalized spacial score (nSPS) is 29.0. The van der Waals surface area contributed by atoms with Crippen LogP contribution in [0.5, 0.6) is 46.0 Å². The molecule has 7 atom stereocenters. The zero-order chi connectivity index (χ0) is 38.7. The number of thioether (sulfide) groups is 1. The van der Waals surface area contributed by atoms with E-state index in [4.69, 9.17) is 33.2 Å². The van der Waals surface area contributed by atoms with Crippen molar-refractivity contribution < 1.29 is 58.1 Å². The summed E-state index contributed by atoms with van der Waals surface area (Å²) in [6.07, 6.45) is -0.0949. The third kappa shape index (κ3) is 4.97. The van der Waals surface area contributed by atoms with E-state index in [2.05, 4.69) is 10.2 Å². The number of nitrogens with one attached hydrogen (secondary N) is 1. The van der Waals surface area contributed by atoms with Gasteiger partial charge in [0.15, 0.2) is 40.0 Å². The molecule has 2 fully saturated rings. The summed E-state index contributed by atoms with van der Waals surface area (Å²) in [5.41, 5.74) is 3.45. The van der Waals surface area contributed by atoms with Crippen LogP contribution in [0, 0.1) is 6.92 Å². The van der Waals surface area contributed by atoms with Crippen LogP contribution >= 0.6 is 11.8 Å². The summed E-state index contributed by atoms with van der Waals surface area (Å²) < 4.78 is 41.8. The fourth-order valence-electron chi connectivity index (χ4n) is 9.96. The molecule has 7 aliphatic heterocycles. The summed E-state index contributed by atoms with van der Waals surface area (Å²) in [5, 5.41) is 38.1. The van der Waals surface area contributed by atoms with Gasteiger partial charge in [0.1, 0.15) is 12.8 Å². The van der Waals surface area contributed by atoms with Crippen molar-refractivity contribution in [3.63, 3.8) is 0 Å². The number of carbonyl (C=O) groups is 2. The molecule has 1 spiro atoms. The van der Waals surface area contributed by atoms with E-state index < -0.39 is 53.1 Å². The van der Waals surface area contributed by atoms with Crippen LogP contribution in [0.4, 0.5) is 0 Å². The maximum Gasteiger partial charge on any atom is 0.331 e. The highest BCUT2D eigenvalue weighted by Crippen LogP contribution is 2.66. The Kier molecular flexibility index (Phi) is 8.51. The van der Waals surface area contributed by atoms with Crippen molar-refractivity contribution in [3.05, 3.63) is 57.1 Å². The quantitative estimate of drug-likeness (QED) is 0.224. The zero-order valence-corrected chi connectivity index (χ0v) is 32.1. The fourth-order valence-corrected chi connectivity index (χ4v) is 11.7. The molecule has 292 valence electrons. The largest absolute Gasteiger partial charge is 0.504 e. The number of benzene rings is 3. The number of esters is 2. The lowest BCUT2D eigenvalue weighted by molar-refractivity contribution is -0.186. The molecule has 3 aromatic carbocycles. The molecular formula is C39H43N3O12S. The Morgan fingerprint density at radius 1 is 0.982 bits per heavy atom. The number of hydrogen-bond acceptors (Lipinski definition) is 16. The summed E-state index contributed by atoms with van der Waals surface area (Å²) in [7, 11) is 6.38. The summed E-state index contributed by atoms with van der Waals surface area (Å²) >= 11 is 1.42. The number of phenols is 2. The van der Waals surface area contributed by atoms with Crippen LogP contribution in [0.2, 0.25) is 0 Å². The topological polar surface area (TPSA) is 178 Å².